The summed E-state index contributed by atoms with van der Waals surface area (Å²) in [6, 6.07) is 79.1. The van der Waals surface area contributed by atoms with Crippen molar-refractivity contribution in [1.29, 1.82) is 0 Å². The fraction of sp³-hybridized carbons (Fsp3) is 0.0185. The standard InChI is InChI=1S/C54H38N4OSi.Pt/c1-56-51-30-15-16-31-52(51)58(59-56)41-20-17-25-44(37-41)60(42-21-7-3-8-22-42,43-23-9-4-10-24-43)45-32-33-49-48-28-13-14-29-50(48)57(53(49)38-45)54-36-40(34-35-55-54)47-27-12-11-26-46(47)39-18-5-2-6-19-39;/h2-36H,1H3;/q-2;/p+1/i1D3;. The number of hydroxylamine groups is 1. The molecule has 0 atom stereocenters. The van der Waals surface area contributed by atoms with E-state index in [1.54, 1.807) is 11.1 Å². The molecule has 5 nitrogen and oxygen atoms in total. The second kappa shape index (κ2) is 16.0. The van der Waals surface area contributed by atoms with Gasteiger partial charge in [-0.1, -0.05) is 151 Å². The van der Waals surface area contributed by atoms with Crippen LogP contribution in [-0.4, -0.2) is 29.5 Å². The minimum atomic E-state index is -3.26. The van der Waals surface area contributed by atoms with Crippen molar-refractivity contribution < 1.29 is 30.1 Å². The number of fused-ring (bicyclic) bond motifs is 4. The van der Waals surface area contributed by atoms with Crippen molar-refractivity contribution in [3.63, 3.8) is 0 Å². The van der Waals surface area contributed by atoms with Gasteiger partial charge in [-0.3, -0.25) is 0 Å². The van der Waals surface area contributed by atoms with Gasteiger partial charge in [-0.25, -0.2) is 4.98 Å². The van der Waals surface area contributed by atoms with Gasteiger partial charge in [0.05, 0.1) is 11.1 Å². The Labute approximate surface area is 375 Å². The summed E-state index contributed by atoms with van der Waals surface area (Å²) in [4.78, 5) is 9.73. The molecular weight excluding hydrogens is 944 g/mol. The van der Waals surface area contributed by atoms with Crippen molar-refractivity contribution in [2.24, 2.45) is 0 Å². The first kappa shape index (κ1) is 35.0. The molecule has 11 rings (SSSR count). The molecule has 0 spiro atoms. The van der Waals surface area contributed by atoms with Gasteiger partial charge in [-0.15, -0.1) is 21.6 Å². The molecule has 10 aromatic rings. The fourth-order valence-corrected chi connectivity index (χ4v) is 13.5. The third-order valence-electron chi connectivity index (χ3n) is 11.6. The maximum atomic E-state index is 8.30. The average molecular weight is 986 g/mol. The maximum absolute atomic E-state index is 8.30. The molecule has 0 bridgehead atoms. The smallest absolute Gasteiger partial charge is 0.145 e. The molecule has 296 valence electrons. The summed E-state index contributed by atoms with van der Waals surface area (Å²) in [5.41, 5.74) is 8.29. The molecule has 0 radical (unpaired) electrons. The van der Waals surface area contributed by atoms with Crippen LogP contribution in [0.15, 0.2) is 212 Å². The largest absolute Gasteiger partial charge is 0.319 e. The number of benzene rings is 8. The zero-order valence-electron chi connectivity index (χ0n) is 35.8. The summed E-state index contributed by atoms with van der Waals surface area (Å²) in [6.45, 7) is -2.47. The molecule has 61 heavy (non-hydrogen) atoms. The van der Waals surface area contributed by atoms with Gasteiger partial charge in [-0.05, 0) is 68.3 Å². The van der Waals surface area contributed by atoms with Crippen LogP contribution in [0.25, 0.3) is 49.9 Å². The van der Waals surface area contributed by atoms with Crippen LogP contribution in [0.2, 0.25) is 0 Å². The Balaban J connectivity index is 0.00000484. The van der Waals surface area contributed by atoms with E-state index in [9.17, 15) is 0 Å². The van der Waals surface area contributed by atoms with E-state index in [0.717, 1.165) is 75.7 Å². The Bertz CT molecular complexity index is 3250. The number of rotatable bonds is 8. The summed E-state index contributed by atoms with van der Waals surface area (Å²) in [6.07, 6.45) is 1.90. The average Bonchev–Trinajstić information content (AvgIpc) is 3.90. The number of anilines is 3. The third-order valence-corrected chi connectivity index (χ3v) is 16.2. The van der Waals surface area contributed by atoms with Gasteiger partial charge in [0.1, 0.15) is 25.3 Å². The summed E-state index contributed by atoms with van der Waals surface area (Å²) in [7, 11) is -3.26. The molecule has 0 fully saturated rings. The van der Waals surface area contributed by atoms with Gasteiger partial charge in [0, 0.05) is 38.5 Å². The SMILES string of the molecule is [2H]C([2H])([2H])N1[OH+]N(c2[c-]c([Si](c3[c-]c4c(cc3)c3ccccc3n4-c3cc(-c4ccccc4-c4ccccc4)ccn3)(c3ccccc3)c3ccccc3)ccc2)c2ccccc21.[Pt]. The minimum Gasteiger partial charge on any atom is -0.319 e. The third kappa shape index (κ3) is 6.43. The van der Waals surface area contributed by atoms with Crippen molar-refractivity contribution >= 4 is 67.7 Å². The molecule has 7 heteroatoms. The monoisotopic (exact) mass is 985 g/mol. The molecule has 2 aromatic heterocycles. The minimum absolute atomic E-state index is 0. The Morgan fingerprint density at radius 1 is 0.541 bits per heavy atom. The quantitative estimate of drug-likeness (QED) is 0.0659. The van der Waals surface area contributed by atoms with Crippen molar-refractivity contribution in [1.82, 2.24) is 9.55 Å². The number of hydrogen-bond donors (Lipinski definition) is 0. The summed E-state index contributed by atoms with van der Waals surface area (Å²) in [5.74, 6) is 0.795. The first-order chi connectivity index (χ1) is 30.9. The summed E-state index contributed by atoms with van der Waals surface area (Å²) in [5, 5.41) is 9.33. The van der Waals surface area contributed by atoms with Crippen LogP contribution in [-0.2, 0) is 21.1 Å². The summed E-state index contributed by atoms with van der Waals surface area (Å²) < 4.78 is 27.2. The molecule has 0 saturated carbocycles. The molecule has 0 amide bonds. The first-order valence-corrected chi connectivity index (χ1v) is 22.0. The van der Waals surface area contributed by atoms with Crippen LogP contribution in [0.1, 0.15) is 4.11 Å². The van der Waals surface area contributed by atoms with Gasteiger partial charge in [0.2, 0.25) is 0 Å². The topological polar surface area (TPSA) is 37.1 Å². The molecule has 3 heterocycles. The van der Waals surface area contributed by atoms with E-state index in [2.05, 4.69) is 185 Å². The van der Waals surface area contributed by atoms with Crippen molar-refractivity contribution in [2.75, 3.05) is 17.1 Å². The molecule has 0 unspecified atom stereocenters. The Morgan fingerprint density at radius 2 is 1.16 bits per heavy atom. The van der Waals surface area contributed by atoms with E-state index >= 15 is 0 Å². The van der Waals surface area contributed by atoms with Gasteiger partial charge in [0.25, 0.3) is 0 Å². The zero-order valence-corrected chi connectivity index (χ0v) is 36.0. The van der Waals surface area contributed by atoms with Crippen LogP contribution in [0.4, 0.5) is 17.1 Å². The number of hydrogen-bond acceptors (Lipinski definition) is 3. The Morgan fingerprint density at radius 3 is 1.90 bits per heavy atom. The van der Waals surface area contributed by atoms with Crippen molar-refractivity contribution in [3.8, 4) is 28.1 Å². The van der Waals surface area contributed by atoms with Gasteiger partial charge in [-0.2, -0.15) is 51.7 Å². The number of pyridine rings is 1. The Kier molecular flexibility index (Phi) is 9.16. The Hall–Kier alpha value is -6.82. The summed E-state index contributed by atoms with van der Waals surface area (Å²) >= 11 is 0. The normalized spacial score (nSPS) is 13.3. The zero-order chi connectivity index (χ0) is 42.5. The van der Waals surface area contributed by atoms with Crippen LogP contribution >= 0.6 is 0 Å². The maximum Gasteiger partial charge on any atom is 0.145 e. The molecule has 1 N–H and O–H groups in total. The van der Waals surface area contributed by atoms with Gasteiger partial charge < -0.3 is 4.57 Å². The second-order valence-corrected chi connectivity index (χ2v) is 18.7. The fourth-order valence-electron chi connectivity index (χ4n) is 8.96. The molecule has 1 aliphatic rings. The predicted molar refractivity (Wildman–Crippen MR) is 250 cm³/mol. The van der Waals surface area contributed by atoms with Crippen LogP contribution in [0.5, 0.6) is 0 Å². The van der Waals surface area contributed by atoms with Gasteiger partial charge in [0.15, 0.2) is 0 Å². The molecule has 0 saturated heterocycles. The van der Waals surface area contributed by atoms with Crippen molar-refractivity contribution in [3.05, 3.63) is 225 Å². The first-order valence-electron chi connectivity index (χ1n) is 21.5. The molecule has 0 aliphatic carbocycles. The predicted octanol–water partition coefficient (Wildman–Crippen LogP) is 9.92. The molecular formula is C54H39N4OPtSi-. The van der Waals surface area contributed by atoms with E-state index in [4.69, 9.17) is 9.10 Å². The van der Waals surface area contributed by atoms with Crippen LogP contribution in [0.3, 0.4) is 0 Å². The number of para-hydroxylation sites is 3. The van der Waals surface area contributed by atoms with E-state index in [-0.39, 0.29) is 21.1 Å². The van der Waals surface area contributed by atoms with Crippen LogP contribution in [0, 0.1) is 12.1 Å². The number of aromatic nitrogens is 2. The van der Waals surface area contributed by atoms with E-state index in [1.165, 1.54) is 0 Å². The van der Waals surface area contributed by atoms with Gasteiger partial charge >= 0.3 is 0 Å². The van der Waals surface area contributed by atoms with E-state index < -0.39 is 15.0 Å². The van der Waals surface area contributed by atoms with Crippen LogP contribution < -0.4 is 30.9 Å². The molecule has 8 aromatic carbocycles. The van der Waals surface area contributed by atoms with Crippen molar-refractivity contribution in [2.45, 2.75) is 0 Å². The van der Waals surface area contributed by atoms with E-state index in [1.807, 2.05) is 42.6 Å². The van der Waals surface area contributed by atoms with E-state index in [0.29, 0.717) is 17.1 Å². The number of nitrogens with zero attached hydrogens (tertiary/aromatic N) is 4. The molecule has 1 aliphatic heterocycles. The second-order valence-electron chi connectivity index (χ2n) is 14.9.